The summed E-state index contributed by atoms with van der Waals surface area (Å²) in [6.45, 7) is 0. The van der Waals surface area contributed by atoms with Crippen LogP contribution in [0, 0.1) is 0 Å². The number of carboxylic acid groups (broad SMARTS) is 2. The zero-order chi connectivity index (χ0) is 8.08. The molecule has 0 saturated carbocycles. The number of hydrogen-bond donors (Lipinski definition) is 4. The highest BCUT2D eigenvalue weighted by atomic mass is 32.3. The summed E-state index contributed by atoms with van der Waals surface area (Å²) in [5.41, 5.74) is 0. The molecule has 0 atom stereocenters. The molecule has 0 aromatic rings. The van der Waals surface area contributed by atoms with Crippen LogP contribution in [0.4, 0.5) is 4.79 Å². The van der Waals surface area contributed by atoms with E-state index in [1.165, 1.54) is 0 Å². The van der Waals surface area contributed by atoms with Crippen molar-refractivity contribution in [1.29, 1.82) is 0 Å². The van der Waals surface area contributed by atoms with E-state index in [-0.39, 0.29) is 23.1 Å². The normalized spacial score (nSPS) is 8.20. The van der Waals surface area contributed by atoms with Crippen LogP contribution in [0.15, 0.2) is 0 Å². The predicted molar refractivity (Wildman–Crippen MR) is 33.4 cm³/mol. The first-order valence-electron chi connectivity index (χ1n) is 1.35. The molecule has 0 unspecified atom stereocenters. The van der Waals surface area contributed by atoms with Crippen molar-refractivity contribution in [2.75, 3.05) is 0 Å². The molecule has 0 rings (SSSR count). The molecule has 60 valence electrons. The summed E-state index contributed by atoms with van der Waals surface area (Å²) in [6.07, 6.45) is -1.83. The SMILES string of the molecule is O=C(O)O.O=S(=O)(O)O.[MgH2]. The molecule has 0 saturated heterocycles. The maximum absolute atomic E-state index is 8.74. The highest BCUT2D eigenvalue weighted by Crippen LogP contribution is 1.59. The Morgan fingerprint density at radius 2 is 1.10 bits per heavy atom. The predicted octanol–water partition coefficient (Wildman–Crippen LogP) is -1.35. The summed E-state index contributed by atoms with van der Waals surface area (Å²) in [4.78, 5) is 8.56. The van der Waals surface area contributed by atoms with Gasteiger partial charge in [-0.1, -0.05) is 0 Å². The topological polar surface area (TPSA) is 132 Å². The van der Waals surface area contributed by atoms with Gasteiger partial charge < -0.3 is 10.2 Å². The molecule has 0 aliphatic rings. The van der Waals surface area contributed by atoms with Gasteiger partial charge in [-0.05, 0) is 0 Å². The van der Waals surface area contributed by atoms with Gasteiger partial charge in [0.25, 0.3) is 0 Å². The lowest BCUT2D eigenvalue weighted by atomic mass is 11.5. The summed E-state index contributed by atoms with van der Waals surface area (Å²) in [7, 11) is -4.67. The Morgan fingerprint density at radius 1 is 1.10 bits per heavy atom. The summed E-state index contributed by atoms with van der Waals surface area (Å²) in [5, 5.41) is 13.9. The van der Waals surface area contributed by atoms with Gasteiger partial charge in [0.1, 0.15) is 0 Å². The molecule has 0 bridgehead atoms. The number of carbonyl (C=O) groups is 1. The zero-order valence-corrected chi connectivity index (χ0v) is 4.74. The highest BCUT2D eigenvalue weighted by molar-refractivity contribution is 7.79. The smallest absolute Gasteiger partial charge is 0.450 e. The third kappa shape index (κ3) is 42900. The van der Waals surface area contributed by atoms with Crippen LogP contribution in [0.1, 0.15) is 0 Å². The molecule has 0 amide bonds. The van der Waals surface area contributed by atoms with Crippen molar-refractivity contribution in [3.63, 3.8) is 0 Å². The molecular formula is CH6MgO7S. The molecule has 4 N–H and O–H groups in total. The molecule has 0 aliphatic carbocycles. The molecular weight excluding hydrogens is 180 g/mol. The Bertz CT molecular complexity index is 156. The summed E-state index contributed by atoms with van der Waals surface area (Å²) in [6, 6.07) is 0. The van der Waals surface area contributed by atoms with Crippen LogP contribution in [0.25, 0.3) is 0 Å². The fourth-order valence-corrected chi connectivity index (χ4v) is 0. The van der Waals surface area contributed by atoms with E-state index in [9.17, 15) is 0 Å². The second-order valence-corrected chi connectivity index (χ2v) is 1.63. The van der Waals surface area contributed by atoms with E-state index in [0.717, 1.165) is 0 Å². The molecule has 0 aliphatic heterocycles. The Hall–Kier alpha value is -0.0938. The van der Waals surface area contributed by atoms with Crippen LogP contribution < -0.4 is 0 Å². The monoisotopic (exact) mass is 186 g/mol. The lowest BCUT2D eigenvalue weighted by Gasteiger charge is -1.68. The lowest BCUT2D eigenvalue weighted by Crippen LogP contribution is -1.89. The first-order chi connectivity index (χ1) is 3.73. The van der Waals surface area contributed by atoms with Crippen LogP contribution in [-0.2, 0) is 10.4 Å². The average Bonchev–Trinajstić information content (AvgIpc) is 1.19. The Kier molecular flexibility index (Phi) is 11.6. The molecule has 0 aromatic heterocycles. The van der Waals surface area contributed by atoms with E-state index in [0.29, 0.717) is 0 Å². The molecule has 0 radical (unpaired) electrons. The van der Waals surface area contributed by atoms with Gasteiger partial charge in [-0.25, -0.2) is 4.79 Å². The quantitative estimate of drug-likeness (QED) is 0.272. The van der Waals surface area contributed by atoms with Crippen LogP contribution in [0.3, 0.4) is 0 Å². The molecule has 0 aromatic carbocycles. The maximum Gasteiger partial charge on any atom is 0.503 e. The van der Waals surface area contributed by atoms with E-state index in [1.807, 2.05) is 0 Å². The summed E-state index contributed by atoms with van der Waals surface area (Å²) >= 11 is 0. The number of hydrogen-bond acceptors (Lipinski definition) is 3. The van der Waals surface area contributed by atoms with Crippen molar-refractivity contribution in [2.24, 2.45) is 0 Å². The summed E-state index contributed by atoms with van der Waals surface area (Å²) in [5.74, 6) is 0. The van der Waals surface area contributed by atoms with Gasteiger partial charge >= 0.3 is 39.6 Å². The van der Waals surface area contributed by atoms with E-state index in [2.05, 4.69) is 0 Å². The van der Waals surface area contributed by atoms with Crippen molar-refractivity contribution in [2.45, 2.75) is 0 Å². The van der Waals surface area contributed by atoms with E-state index >= 15 is 0 Å². The second kappa shape index (κ2) is 7.02. The van der Waals surface area contributed by atoms with Gasteiger partial charge in [0, 0.05) is 0 Å². The van der Waals surface area contributed by atoms with Gasteiger partial charge in [0.15, 0.2) is 0 Å². The highest BCUT2D eigenvalue weighted by Gasteiger charge is 1.84. The third-order valence-electron chi connectivity index (χ3n) is 0. The molecule has 7 nitrogen and oxygen atoms in total. The maximum atomic E-state index is 8.74. The fourth-order valence-electron chi connectivity index (χ4n) is 0. The molecule has 0 spiro atoms. The van der Waals surface area contributed by atoms with Gasteiger partial charge in [-0.15, -0.1) is 0 Å². The Labute approximate surface area is 72.4 Å². The van der Waals surface area contributed by atoms with Crippen LogP contribution in [0.2, 0.25) is 0 Å². The van der Waals surface area contributed by atoms with Crippen molar-refractivity contribution < 1.29 is 32.5 Å². The standard InChI is InChI=1S/CH2O3.Mg.H2O4S.2H/c2-1(3)4;;1-5(2,3)4;;/h(H2,2,3,4);;(H2,1,2,3,4);;. The summed E-state index contributed by atoms with van der Waals surface area (Å²) < 4.78 is 31.6. The van der Waals surface area contributed by atoms with Crippen LogP contribution in [0.5, 0.6) is 0 Å². The number of rotatable bonds is 0. The van der Waals surface area contributed by atoms with Crippen molar-refractivity contribution in [3.05, 3.63) is 0 Å². The van der Waals surface area contributed by atoms with Crippen molar-refractivity contribution in [3.8, 4) is 0 Å². The van der Waals surface area contributed by atoms with Gasteiger partial charge in [-0.3, -0.25) is 9.11 Å². The largest absolute Gasteiger partial charge is 0.503 e. The second-order valence-electron chi connectivity index (χ2n) is 0.730. The third-order valence-corrected chi connectivity index (χ3v) is 0. The molecule has 10 heavy (non-hydrogen) atoms. The zero-order valence-electron chi connectivity index (χ0n) is 3.92. The van der Waals surface area contributed by atoms with Gasteiger partial charge in [-0.2, -0.15) is 8.42 Å². The minimum Gasteiger partial charge on any atom is -0.450 e. The lowest BCUT2D eigenvalue weighted by molar-refractivity contribution is 0.137. The first-order valence-corrected chi connectivity index (χ1v) is 2.75. The minimum absolute atomic E-state index is 0. The van der Waals surface area contributed by atoms with Gasteiger partial charge in [0.2, 0.25) is 0 Å². The average molecular weight is 186 g/mol. The molecule has 0 fully saturated rings. The Balaban J connectivity index is -0.0000000910. The Morgan fingerprint density at radius 3 is 1.10 bits per heavy atom. The van der Waals surface area contributed by atoms with Crippen molar-refractivity contribution in [1.82, 2.24) is 0 Å². The molecule has 0 heterocycles. The first kappa shape index (κ1) is 16.5. The van der Waals surface area contributed by atoms with Gasteiger partial charge in [0.05, 0.1) is 0 Å². The van der Waals surface area contributed by atoms with E-state index in [1.54, 1.807) is 0 Å². The fraction of sp³-hybridized carbons (Fsp3) is 0. The molecule has 9 heteroatoms. The van der Waals surface area contributed by atoms with E-state index < -0.39 is 16.6 Å². The van der Waals surface area contributed by atoms with E-state index in [4.69, 9.17) is 32.5 Å². The van der Waals surface area contributed by atoms with Crippen LogP contribution in [-0.4, -0.2) is 56.9 Å². The van der Waals surface area contributed by atoms with Crippen molar-refractivity contribution >= 4 is 39.6 Å². The minimum atomic E-state index is -4.67. The van der Waals surface area contributed by atoms with Crippen LogP contribution >= 0.6 is 0 Å².